The monoisotopic (exact) mass is 231 g/mol. The van der Waals surface area contributed by atoms with Crippen molar-refractivity contribution < 1.29 is 9.84 Å². The van der Waals surface area contributed by atoms with E-state index in [1.807, 2.05) is 0 Å². The Morgan fingerprint density at radius 2 is 1.31 bits per heavy atom. The van der Waals surface area contributed by atoms with Gasteiger partial charge in [0, 0.05) is 13.7 Å². The third-order valence-electron chi connectivity index (χ3n) is 2.95. The van der Waals surface area contributed by atoms with E-state index in [4.69, 9.17) is 15.6 Å². The van der Waals surface area contributed by atoms with Gasteiger partial charge in [-0.05, 0) is 19.3 Å². The average Bonchev–Trinajstić information content (AvgIpc) is 2.31. The van der Waals surface area contributed by atoms with Crippen molar-refractivity contribution in [1.82, 2.24) is 0 Å². The van der Waals surface area contributed by atoms with Gasteiger partial charge in [0.25, 0.3) is 0 Å². The molecule has 0 spiro atoms. The van der Waals surface area contributed by atoms with Gasteiger partial charge in [-0.1, -0.05) is 44.9 Å². The van der Waals surface area contributed by atoms with Crippen LogP contribution in [0.15, 0.2) is 0 Å². The van der Waals surface area contributed by atoms with E-state index in [1.165, 1.54) is 51.4 Å². The van der Waals surface area contributed by atoms with Gasteiger partial charge in [-0.2, -0.15) is 0 Å². The highest BCUT2D eigenvalue weighted by molar-refractivity contribution is 4.50. The van der Waals surface area contributed by atoms with E-state index in [1.54, 1.807) is 7.11 Å². The molecule has 0 saturated carbocycles. The van der Waals surface area contributed by atoms with E-state index in [2.05, 4.69) is 0 Å². The fourth-order valence-electron chi connectivity index (χ4n) is 1.81. The van der Waals surface area contributed by atoms with Gasteiger partial charge in [0.1, 0.15) is 6.23 Å². The van der Waals surface area contributed by atoms with Crippen LogP contribution in [0, 0.1) is 0 Å². The Labute approximate surface area is 100 Å². The van der Waals surface area contributed by atoms with E-state index < -0.39 is 0 Å². The van der Waals surface area contributed by atoms with Crippen LogP contribution in [0.3, 0.4) is 0 Å². The Morgan fingerprint density at radius 3 is 1.75 bits per heavy atom. The largest absolute Gasteiger partial charge is 0.396 e. The molecule has 0 aliphatic carbocycles. The minimum absolute atomic E-state index is 0.0709. The molecule has 0 aromatic carbocycles. The molecule has 0 aromatic rings. The van der Waals surface area contributed by atoms with Crippen molar-refractivity contribution in [3.63, 3.8) is 0 Å². The summed E-state index contributed by atoms with van der Waals surface area (Å²) in [6.07, 6.45) is 12.1. The predicted molar refractivity (Wildman–Crippen MR) is 68.2 cm³/mol. The third kappa shape index (κ3) is 12.0. The number of hydrogen-bond donors (Lipinski definition) is 2. The Hall–Kier alpha value is -0.120. The molecule has 1 unspecified atom stereocenters. The molecule has 0 fully saturated rings. The van der Waals surface area contributed by atoms with Crippen molar-refractivity contribution in [2.45, 2.75) is 70.4 Å². The van der Waals surface area contributed by atoms with Crippen LogP contribution in [0.5, 0.6) is 0 Å². The molecule has 3 heteroatoms. The van der Waals surface area contributed by atoms with Crippen molar-refractivity contribution in [2.24, 2.45) is 5.73 Å². The average molecular weight is 231 g/mol. The zero-order chi connectivity index (χ0) is 12.1. The first-order chi connectivity index (χ1) is 7.81. The second kappa shape index (κ2) is 12.9. The zero-order valence-electron chi connectivity index (χ0n) is 10.8. The molecular weight excluding hydrogens is 202 g/mol. The number of aliphatic hydroxyl groups excluding tert-OH is 1. The summed E-state index contributed by atoms with van der Waals surface area (Å²) in [5.41, 5.74) is 5.64. The summed E-state index contributed by atoms with van der Waals surface area (Å²) in [6.45, 7) is 0.347. The van der Waals surface area contributed by atoms with Crippen LogP contribution in [0.25, 0.3) is 0 Å². The first-order valence-electron chi connectivity index (χ1n) is 6.70. The van der Waals surface area contributed by atoms with Gasteiger partial charge in [-0.3, -0.25) is 0 Å². The van der Waals surface area contributed by atoms with Crippen LogP contribution in [0.4, 0.5) is 0 Å². The molecule has 0 amide bonds. The molecule has 0 heterocycles. The lowest BCUT2D eigenvalue weighted by atomic mass is 10.1. The number of ether oxygens (including phenoxy) is 1. The van der Waals surface area contributed by atoms with Crippen LogP contribution in [0.1, 0.15) is 64.2 Å². The Morgan fingerprint density at radius 1 is 0.875 bits per heavy atom. The third-order valence-corrected chi connectivity index (χ3v) is 2.95. The maximum Gasteiger partial charge on any atom is 0.105 e. The Kier molecular flexibility index (Phi) is 12.9. The lowest BCUT2D eigenvalue weighted by Crippen LogP contribution is -2.21. The van der Waals surface area contributed by atoms with Crippen molar-refractivity contribution in [1.29, 1.82) is 0 Å². The van der Waals surface area contributed by atoms with Gasteiger partial charge < -0.3 is 15.6 Å². The number of aliphatic hydroxyl groups is 1. The Bertz CT molecular complexity index is 131. The van der Waals surface area contributed by atoms with Crippen LogP contribution >= 0.6 is 0 Å². The minimum atomic E-state index is -0.0709. The fourth-order valence-corrected chi connectivity index (χ4v) is 1.81. The second-order valence-electron chi connectivity index (χ2n) is 4.47. The molecule has 98 valence electrons. The van der Waals surface area contributed by atoms with Crippen molar-refractivity contribution in [3.05, 3.63) is 0 Å². The lowest BCUT2D eigenvalue weighted by molar-refractivity contribution is 0.0983. The van der Waals surface area contributed by atoms with E-state index >= 15 is 0 Å². The van der Waals surface area contributed by atoms with Crippen LogP contribution in [-0.2, 0) is 4.74 Å². The van der Waals surface area contributed by atoms with Crippen molar-refractivity contribution >= 4 is 0 Å². The normalized spacial score (nSPS) is 12.9. The van der Waals surface area contributed by atoms with E-state index in [-0.39, 0.29) is 6.23 Å². The van der Waals surface area contributed by atoms with Gasteiger partial charge >= 0.3 is 0 Å². The maximum absolute atomic E-state index is 8.61. The number of nitrogens with two attached hydrogens (primary N) is 1. The molecule has 0 aliphatic heterocycles. The summed E-state index contributed by atoms with van der Waals surface area (Å²) < 4.78 is 4.99. The summed E-state index contributed by atoms with van der Waals surface area (Å²) in [7, 11) is 1.66. The highest BCUT2D eigenvalue weighted by atomic mass is 16.5. The first kappa shape index (κ1) is 15.9. The second-order valence-corrected chi connectivity index (χ2v) is 4.47. The highest BCUT2D eigenvalue weighted by Crippen LogP contribution is 2.10. The molecule has 0 bridgehead atoms. The molecule has 1 atom stereocenters. The summed E-state index contributed by atoms with van der Waals surface area (Å²) in [5, 5.41) is 8.61. The molecule has 3 N–H and O–H groups in total. The van der Waals surface area contributed by atoms with Gasteiger partial charge in [0.05, 0.1) is 0 Å². The number of hydrogen-bond acceptors (Lipinski definition) is 3. The molecule has 0 aliphatic rings. The summed E-state index contributed by atoms with van der Waals surface area (Å²) in [5.74, 6) is 0. The maximum atomic E-state index is 8.61. The van der Waals surface area contributed by atoms with E-state index in [0.29, 0.717) is 6.61 Å². The van der Waals surface area contributed by atoms with Gasteiger partial charge in [0.15, 0.2) is 0 Å². The van der Waals surface area contributed by atoms with Gasteiger partial charge in [-0.15, -0.1) is 0 Å². The van der Waals surface area contributed by atoms with Crippen molar-refractivity contribution in [3.8, 4) is 0 Å². The quantitative estimate of drug-likeness (QED) is 0.401. The van der Waals surface area contributed by atoms with Gasteiger partial charge in [-0.25, -0.2) is 0 Å². The SMILES string of the molecule is COC(N)CCCCCCCCCCCO. The van der Waals surface area contributed by atoms with Crippen LogP contribution in [-0.4, -0.2) is 25.1 Å². The first-order valence-corrected chi connectivity index (χ1v) is 6.70. The minimum Gasteiger partial charge on any atom is -0.396 e. The van der Waals surface area contributed by atoms with E-state index in [0.717, 1.165) is 12.8 Å². The molecule has 0 rings (SSSR count). The van der Waals surface area contributed by atoms with Crippen molar-refractivity contribution in [2.75, 3.05) is 13.7 Å². The van der Waals surface area contributed by atoms with Gasteiger partial charge in [0.2, 0.25) is 0 Å². The van der Waals surface area contributed by atoms with Crippen LogP contribution < -0.4 is 5.73 Å². The molecule has 0 radical (unpaired) electrons. The smallest absolute Gasteiger partial charge is 0.105 e. The molecule has 0 saturated heterocycles. The van der Waals surface area contributed by atoms with Crippen LogP contribution in [0.2, 0.25) is 0 Å². The Balaban J connectivity index is 2.93. The molecule has 16 heavy (non-hydrogen) atoms. The molecular formula is C13H29NO2. The molecule has 0 aromatic heterocycles. The summed E-state index contributed by atoms with van der Waals surface area (Å²) in [4.78, 5) is 0. The summed E-state index contributed by atoms with van der Waals surface area (Å²) in [6, 6.07) is 0. The predicted octanol–water partition coefficient (Wildman–Crippen LogP) is 2.81. The number of unbranched alkanes of at least 4 members (excludes halogenated alkanes) is 8. The number of rotatable bonds is 12. The van der Waals surface area contributed by atoms with E-state index in [9.17, 15) is 0 Å². The standard InChI is InChI=1S/C13H29NO2/c1-16-13(14)11-9-7-5-3-2-4-6-8-10-12-15/h13,15H,2-12,14H2,1H3. The number of methoxy groups -OCH3 is 1. The zero-order valence-corrected chi connectivity index (χ0v) is 10.8. The topological polar surface area (TPSA) is 55.5 Å². The highest BCUT2D eigenvalue weighted by Gasteiger charge is 1.98. The fraction of sp³-hybridized carbons (Fsp3) is 1.00. The summed E-state index contributed by atoms with van der Waals surface area (Å²) >= 11 is 0. The molecule has 3 nitrogen and oxygen atoms in total. The lowest BCUT2D eigenvalue weighted by Gasteiger charge is -2.08.